The third kappa shape index (κ3) is 4.89. The first-order valence-corrected chi connectivity index (χ1v) is 14.4. The average molecular weight is 540 g/mol. The SMILES string of the molecule is COc1c(CC(NC(=O)Cc2cccs2)B2OC3CC4CC(C4(C)C)C3(C)O2)cccc1C(=O)OC(C)C. The molecule has 1 amide bonds. The van der Waals surface area contributed by atoms with Crippen LogP contribution in [0, 0.1) is 17.3 Å². The normalized spacial score (nSPS) is 27.9. The van der Waals surface area contributed by atoms with Crippen LogP contribution >= 0.6 is 11.3 Å². The molecule has 5 atom stereocenters. The topological polar surface area (TPSA) is 83.1 Å². The lowest BCUT2D eigenvalue weighted by Gasteiger charge is -2.64. The number of benzene rings is 1. The van der Waals surface area contributed by atoms with Gasteiger partial charge in [0, 0.05) is 4.88 Å². The third-order valence-electron chi connectivity index (χ3n) is 8.86. The molecule has 2 aromatic rings. The van der Waals surface area contributed by atoms with Crippen LogP contribution in [-0.2, 0) is 31.7 Å². The Balaban J connectivity index is 1.42. The highest BCUT2D eigenvalue weighted by atomic mass is 32.1. The van der Waals surface area contributed by atoms with Gasteiger partial charge in [0.15, 0.2) is 0 Å². The molecule has 1 N–H and O–H groups in total. The van der Waals surface area contributed by atoms with E-state index >= 15 is 0 Å². The number of thiophene rings is 1. The Bertz CT molecular complexity index is 1180. The Labute approximate surface area is 229 Å². The van der Waals surface area contributed by atoms with E-state index in [9.17, 15) is 9.59 Å². The molecule has 4 fully saturated rings. The Hall–Kier alpha value is -2.36. The Kier molecular flexibility index (Phi) is 7.39. The molecule has 2 heterocycles. The molecule has 9 heteroatoms. The first-order valence-electron chi connectivity index (χ1n) is 13.5. The largest absolute Gasteiger partial charge is 0.496 e. The van der Waals surface area contributed by atoms with Crippen LogP contribution < -0.4 is 10.1 Å². The summed E-state index contributed by atoms with van der Waals surface area (Å²) in [6, 6.07) is 9.33. The van der Waals surface area contributed by atoms with Crippen LogP contribution in [0.15, 0.2) is 35.7 Å². The van der Waals surface area contributed by atoms with E-state index in [4.69, 9.17) is 18.8 Å². The maximum Gasteiger partial charge on any atom is 0.482 e. The van der Waals surface area contributed by atoms with Crippen LogP contribution in [0.4, 0.5) is 0 Å². The lowest BCUT2D eigenvalue weighted by atomic mass is 9.43. The van der Waals surface area contributed by atoms with E-state index in [1.54, 1.807) is 24.5 Å². The van der Waals surface area contributed by atoms with Gasteiger partial charge in [-0.25, -0.2) is 4.79 Å². The van der Waals surface area contributed by atoms with Gasteiger partial charge in [-0.15, -0.1) is 11.3 Å². The molecular formula is C29H38BNO6S. The van der Waals surface area contributed by atoms with E-state index in [2.05, 4.69) is 26.1 Å². The number of hydrogen-bond acceptors (Lipinski definition) is 7. The molecule has 6 rings (SSSR count). The molecule has 4 aliphatic rings. The van der Waals surface area contributed by atoms with Crippen molar-refractivity contribution >= 4 is 30.3 Å². The van der Waals surface area contributed by atoms with Gasteiger partial charge in [0.25, 0.3) is 0 Å². The van der Waals surface area contributed by atoms with Crippen molar-refractivity contribution in [2.45, 2.75) is 84.1 Å². The maximum atomic E-state index is 13.2. The zero-order chi connectivity index (χ0) is 27.2. The van der Waals surface area contributed by atoms with Gasteiger partial charge in [-0.3, -0.25) is 4.79 Å². The highest BCUT2D eigenvalue weighted by Gasteiger charge is 2.68. The van der Waals surface area contributed by atoms with Crippen molar-refractivity contribution in [3.8, 4) is 5.75 Å². The highest BCUT2D eigenvalue weighted by Crippen LogP contribution is 2.65. The summed E-state index contributed by atoms with van der Waals surface area (Å²) in [4.78, 5) is 26.9. The van der Waals surface area contributed by atoms with Gasteiger partial charge < -0.3 is 24.1 Å². The molecule has 7 nitrogen and oxygen atoms in total. The van der Waals surface area contributed by atoms with Gasteiger partial charge in [-0.1, -0.05) is 32.0 Å². The number of nitrogens with one attached hydrogen (secondary N) is 1. The van der Waals surface area contributed by atoms with Crippen LogP contribution in [-0.4, -0.2) is 49.9 Å². The van der Waals surface area contributed by atoms with Crippen molar-refractivity contribution in [2.75, 3.05) is 7.11 Å². The average Bonchev–Trinajstić information content (AvgIpc) is 3.49. The fourth-order valence-electron chi connectivity index (χ4n) is 6.78. The summed E-state index contributed by atoms with van der Waals surface area (Å²) >= 11 is 1.56. The van der Waals surface area contributed by atoms with Gasteiger partial charge in [0.05, 0.1) is 37.3 Å². The minimum Gasteiger partial charge on any atom is -0.496 e. The Morgan fingerprint density at radius 1 is 1.18 bits per heavy atom. The smallest absolute Gasteiger partial charge is 0.482 e. The summed E-state index contributed by atoms with van der Waals surface area (Å²) in [7, 11) is 0.937. The molecule has 3 aliphatic carbocycles. The second kappa shape index (κ2) is 10.3. The monoisotopic (exact) mass is 539 g/mol. The number of hydrogen-bond donors (Lipinski definition) is 1. The second-order valence-corrected chi connectivity index (χ2v) is 13.0. The minimum absolute atomic E-state index is 0.00442. The Morgan fingerprint density at radius 3 is 2.63 bits per heavy atom. The summed E-state index contributed by atoms with van der Waals surface area (Å²) in [6.45, 7) is 10.5. The number of ether oxygens (including phenoxy) is 2. The fourth-order valence-corrected chi connectivity index (χ4v) is 7.48. The van der Waals surface area contributed by atoms with E-state index in [0.29, 0.717) is 29.6 Å². The van der Waals surface area contributed by atoms with Crippen molar-refractivity contribution in [2.24, 2.45) is 17.3 Å². The van der Waals surface area contributed by atoms with Crippen LogP contribution in [0.3, 0.4) is 0 Å². The lowest BCUT2D eigenvalue weighted by molar-refractivity contribution is -0.199. The van der Waals surface area contributed by atoms with E-state index in [0.717, 1.165) is 23.3 Å². The van der Waals surface area contributed by atoms with E-state index in [-0.39, 0.29) is 30.0 Å². The molecule has 5 unspecified atom stereocenters. The van der Waals surface area contributed by atoms with E-state index in [1.807, 2.05) is 43.5 Å². The standard InChI is InChI=1S/C29H38BNO6S/c1-17(2)35-27(33)21-11-7-9-18(26(21)34-6)13-24(31-25(32)16-20-10-8-12-38-20)30-36-23-15-19-14-22(28(19,3)4)29(23,5)37-30/h7-12,17,19,22-24H,13-16H2,1-6H3,(H,31,32). The molecular weight excluding hydrogens is 501 g/mol. The number of carbonyl (C=O) groups is 2. The lowest BCUT2D eigenvalue weighted by Crippen LogP contribution is -2.65. The van der Waals surface area contributed by atoms with Gasteiger partial charge in [0.2, 0.25) is 5.91 Å². The number of amides is 1. The first-order chi connectivity index (χ1) is 18.0. The molecule has 1 saturated heterocycles. The molecule has 2 bridgehead atoms. The van der Waals surface area contributed by atoms with Crippen molar-refractivity contribution in [1.29, 1.82) is 0 Å². The maximum absolute atomic E-state index is 13.2. The van der Waals surface area contributed by atoms with Crippen LogP contribution in [0.5, 0.6) is 5.75 Å². The zero-order valence-electron chi connectivity index (χ0n) is 23.1. The molecule has 1 aliphatic heterocycles. The molecule has 0 spiro atoms. The van der Waals surface area contributed by atoms with Crippen LogP contribution in [0.1, 0.15) is 68.3 Å². The number of para-hydroxylation sites is 1. The quantitative estimate of drug-likeness (QED) is 0.362. The van der Waals surface area contributed by atoms with Crippen LogP contribution in [0.25, 0.3) is 0 Å². The number of esters is 1. The number of carbonyl (C=O) groups excluding carboxylic acids is 2. The minimum atomic E-state index is -0.608. The zero-order valence-corrected chi connectivity index (χ0v) is 23.9. The second-order valence-electron chi connectivity index (χ2n) is 11.9. The molecule has 204 valence electrons. The molecule has 1 aromatic heterocycles. The number of rotatable bonds is 9. The summed E-state index contributed by atoms with van der Waals surface area (Å²) < 4.78 is 24.5. The number of methoxy groups -OCH3 is 1. The highest BCUT2D eigenvalue weighted by molar-refractivity contribution is 7.10. The van der Waals surface area contributed by atoms with Crippen LogP contribution in [0.2, 0.25) is 0 Å². The summed E-state index contributed by atoms with van der Waals surface area (Å²) in [5.41, 5.74) is 0.963. The summed E-state index contributed by atoms with van der Waals surface area (Å²) in [6.07, 6.45) is 2.53. The van der Waals surface area contributed by atoms with Crippen molar-refractivity contribution in [1.82, 2.24) is 5.32 Å². The summed E-state index contributed by atoms with van der Waals surface area (Å²) in [5, 5.41) is 5.17. The fraction of sp³-hybridized carbons (Fsp3) is 0.586. The van der Waals surface area contributed by atoms with Gasteiger partial charge in [-0.05, 0) is 80.4 Å². The van der Waals surface area contributed by atoms with Gasteiger partial charge in [-0.2, -0.15) is 0 Å². The van der Waals surface area contributed by atoms with Gasteiger partial charge in [0.1, 0.15) is 11.3 Å². The molecule has 3 saturated carbocycles. The molecule has 38 heavy (non-hydrogen) atoms. The van der Waals surface area contributed by atoms with Crippen molar-refractivity contribution < 1.29 is 28.4 Å². The predicted molar refractivity (Wildman–Crippen MR) is 147 cm³/mol. The predicted octanol–water partition coefficient (Wildman–Crippen LogP) is 4.86. The van der Waals surface area contributed by atoms with Crippen molar-refractivity contribution in [3.05, 3.63) is 51.7 Å². The van der Waals surface area contributed by atoms with E-state index in [1.165, 1.54) is 0 Å². The molecule has 1 aromatic carbocycles. The van der Waals surface area contributed by atoms with E-state index < -0.39 is 24.6 Å². The summed E-state index contributed by atoms with van der Waals surface area (Å²) in [5.74, 6) is 0.490. The molecule has 0 radical (unpaired) electrons. The first kappa shape index (κ1) is 27.2. The Morgan fingerprint density at radius 2 is 1.97 bits per heavy atom. The third-order valence-corrected chi connectivity index (χ3v) is 9.74. The van der Waals surface area contributed by atoms with Crippen molar-refractivity contribution in [3.63, 3.8) is 0 Å². The van der Waals surface area contributed by atoms with Gasteiger partial charge >= 0.3 is 13.1 Å².